The highest BCUT2D eigenvalue weighted by molar-refractivity contribution is 7.47. The number of carbonyl (C=O) groups excluding carboxylic acids is 4. The van der Waals surface area contributed by atoms with Crippen molar-refractivity contribution in [3.05, 3.63) is 0 Å². The molecule has 0 bridgehead atoms. The van der Waals surface area contributed by atoms with Gasteiger partial charge in [0, 0.05) is 25.7 Å². The van der Waals surface area contributed by atoms with Gasteiger partial charge in [-0.15, -0.1) is 0 Å². The number of ether oxygens (including phenoxy) is 4. The van der Waals surface area contributed by atoms with Crippen LogP contribution in [0.2, 0.25) is 0 Å². The minimum atomic E-state index is -4.95. The van der Waals surface area contributed by atoms with Gasteiger partial charge in [-0.1, -0.05) is 311 Å². The van der Waals surface area contributed by atoms with Gasteiger partial charge in [-0.05, 0) is 37.5 Å². The van der Waals surface area contributed by atoms with E-state index in [2.05, 4.69) is 41.5 Å². The maximum absolute atomic E-state index is 13.0. The van der Waals surface area contributed by atoms with E-state index in [1.807, 2.05) is 0 Å². The summed E-state index contributed by atoms with van der Waals surface area (Å²) in [4.78, 5) is 72.5. The van der Waals surface area contributed by atoms with E-state index in [4.69, 9.17) is 37.0 Å². The molecule has 0 rings (SSSR count). The van der Waals surface area contributed by atoms with E-state index in [1.165, 1.54) is 173 Å². The minimum Gasteiger partial charge on any atom is -0.462 e. The fourth-order valence-electron chi connectivity index (χ4n) is 10.7. The topological polar surface area (TPSA) is 237 Å². The number of phosphoric ester groups is 2. The summed E-state index contributed by atoms with van der Waals surface area (Å²) in [6.07, 6.45) is 48.7. The molecule has 0 aliphatic rings. The summed E-state index contributed by atoms with van der Waals surface area (Å²) < 4.78 is 68.2. The molecule has 19 heteroatoms. The van der Waals surface area contributed by atoms with Crippen LogP contribution in [0.3, 0.4) is 0 Å². The van der Waals surface area contributed by atoms with Gasteiger partial charge < -0.3 is 33.8 Å². The third-order valence-corrected chi connectivity index (χ3v) is 18.7. The molecular formula is C71H138O17P2. The van der Waals surface area contributed by atoms with E-state index in [0.29, 0.717) is 25.7 Å². The molecule has 0 aliphatic carbocycles. The number of aliphatic hydroxyl groups is 1. The average Bonchev–Trinajstić information content (AvgIpc) is 2.26. The number of esters is 4. The summed E-state index contributed by atoms with van der Waals surface area (Å²) in [7, 11) is -9.90. The molecule has 0 aromatic carbocycles. The third-order valence-electron chi connectivity index (χ3n) is 16.8. The van der Waals surface area contributed by atoms with Gasteiger partial charge in [0.2, 0.25) is 0 Å². The number of rotatable bonds is 70. The molecule has 3 N–H and O–H groups in total. The van der Waals surface area contributed by atoms with Crippen molar-refractivity contribution >= 4 is 39.5 Å². The van der Waals surface area contributed by atoms with Crippen LogP contribution in [-0.2, 0) is 65.4 Å². The number of aliphatic hydroxyl groups excluding tert-OH is 1. The SMILES string of the molecule is CCCCCCCCCCCCCCCCCCCC(=O)O[C@H](COC(=O)CCCCCCCCCCCCCCC(C)C)COP(=O)(O)OC[C@@H](O)COP(=O)(O)OC[C@@H](COC(=O)CCCCCCCCCC)OC(=O)CCCCCCCCC(C)CC. The van der Waals surface area contributed by atoms with E-state index < -0.39 is 97.5 Å². The Balaban J connectivity index is 5.21. The lowest BCUT2D eigenvalue weighted by Crippen LogP contribution is -2.30. The zero-order valence-electron chi connectivity index (χ0n) is 58.4. The predicted molar refractivity (Wildman–Crippen MR) is 363 cm³/mol. The molecule has 90 heavy (non-hydrogen) atoms. The zero-order valence-corrected chi connectivity index (χ0v) is 60.2. The minimum absolute atomic E-state index is 0.103. The summed E-state index contributed by atoms with van der Waals surface area (Å²) in [6.45, 7) is 9.49. The van der Waals surface area contributed by atoms with Crippen LogP contribution < -0.4 is 0 Å². The zero-order chi connectivity index (χ0) is 66.5. The first-order valence-electron chi connectivity index (χ1n) is 37.0. The predicted octanol–water partition coefficient (Wildman–Crippen LogP) is 20.4. The quantitative estimate of drug-likeness (QED) is 0.0222. The molecule has 0 heterocycles. The highest BCUT2D eigenvalue weighted by Crippen LogP contribution is 2.45. The average molecular weight is 1330 g/mol. The molecule has 0 fully saturated rings. The second-order valence-electron chi connectivity index (χ2n) is 26.3. The Bertz CT molecular complexity index is 1750. The van der Waals surface area contributed by atoms with Crippen molar-refractivity contribution in [2.45, 2.75) is 381 Å². The highest BCUT2D eigenvalue weighted by atomic mass is 31.2. The van der Waals surface area contributed by atoms with Crippen LogP contribution in [0.4, 0.5) is 0 Å². The molecule has 0 aliphatic heterocycles. The molecule has 0 saturated heterocycles. The Morgan fingerprint density at radius 3 is 0.844 bits per heavy atom. The molecular weight excluding hydrogens is 1190 g/mol. The van der Waals surface area contributed by atoms with Crippen molar-refractivity contribution < 1.29 is 80.2 Å². The number of hydrogen-bond donors (Lipinski definition) is 3. The Morgan fingerprint density at radius 1 is 0.322 bits per heavy atom. The first-order chi connectivity index (χ1) is 43.4. The largest absolute Gasteiger partial charge is 0.472 e. The molecule has 0 amide bonds. The van der Waals surface area contributed by atoms with Gasteiger partial charge in [0.25, 0.3) is 0 Å². The van der Waals surface area contributed by atoms with Crippen LogP contribution in [0.15, 0.2) is 0 Å². The normalized spacial score (nSPS) is 14.4. The summed E-state index contributed by atoms with van der Waals surface area (Å²) in [5, 5.41) is 10.6. The summed E-state index contributed by atoms with van der Waals surface area (Å²) in [5.74, 6) is -0.625. The first kappa shape index (κ1) is 88.1. The number of phosphoric acid groups is 2. The van der Waals surface area contributed by atoms with Crippen LogP contribution >= 0.6 is 15.6 Å². The highest BCUT2D eigenvalue weighted by Gasteiger charge is 2.30. The van der Waals surface area contributed by atoms with Crippen molar-refractivity contribution in [2.24, 2.45) is 11.8 Å². The van der Waals surface area contributed by atoms with Crippen LogP contribution in [0.1, 0.15) is 363 Å². The smallest absolute Gasteiger partial charge is 0.462 e. The standard InChI is InChI=1S/C71H138O17P2/c1-7-10-12-14-16-18-19-20-21-22-23-24-29-32-36-43-49-55-70(75)87-66(59-82-69(74)54-48-42-35-31-28-26-25-27-30-33-39-45-51-63(4)5)61-85-89(77,78)83-57-65(72)58-84-90(79,80)86-62-67(60-81-68(73)53-47-41-34-17-15-13-11-8-2)88-71(76)56-50-44-38-37-40-46-52-64(6)9-3/h63-67,72H,7-62H2,1-6H3,(H,77,78)(H,79,80)/t64?,65-,66-,67-/m1/s1. The molecule has 0 radical (unpaired) electrons. The van der Waals surface area contributed by atoms with Crippen molar-refractivity contribution in [2.75, 3.05) is 39.6 Å². The molecule has 17 nitrogen and oxygen atoms in total. The Morgan fingerprint density at radius 2 is 0.567 bits per heavy atom. The summed E-state index contributed by atoms with van der Waals surface area (Å²) in [6, 6.07) is 0. The van der Waals surface area contributed by atoms with Gasteiger partial charge in [0.15, 0.2) is 12.2 Å². The van der Waals surface area contributed by atoms with Gasteiger partial charge in [0.05, 0.1) is 26.4 Å². The van der Waals surface area contributed by atoms with Crippen LogP contribution in [0.5, 0.6) is 0 Å². The molecule has 0 aromatic heterocycles. The molecule has 0 saturated carbocycles. The van der Waals surface area contributed by atoms with Gasteiger partial charge in [-0.3, -0.25) is 37.3 Å². The van der Waals surface area contributed by atoms with Gasteiger partial charge >= 0.3 is 39.5 Å². The Kier molecular flexibility index (Phi) is 61.8. The summed E-state index contributed by atoms with van der Waals surface area (Å²) >= 11 is 0. The van der Waals surface area contributed by atoms with Crippen LogP contribution in [0, 0.1) is 11.8 Å². The second kappa shape index (κ2) is 63.1. The van der Waals surface area contributed by atoms with E-state index in [9.17, 15) is 43.2 Å². The maximum atomic E-state index is 13.0. The molecule has 0 spiro atoms. The second-order valence-corrected chi connectivity index (χ2v) is 29.3. The maximum Gasteiger partial charge on any atom is 0.472 e. The van der Waals surface area contributed by atoms with Crippen LogP contribution in [-0.4, -0.2) is 96.7 Å². The first-order valence-corrected chi connectivity index (χ1v) is 40.0. The van der Waals surface area contributed by atoms with E-state index in [1.54, 1.807) is 0 Å². The summed E-state index contributed by atoms with van der Waals surface area (Å²) in [5.41, 5.74) is 0. The molecule has 6 atom stereocenters. The lowest BCUT2D eigenvalue weighted by molar-refractivity contribution is -0.161. The third kappa shape index (κ3) is 63.5. The van der Waals surface area contributed by atoms with Gasteiger partial charge in [0.1, 0.15) is 19.3 Å². The van der Waals surface area contributed by atoms with Crippen molar-refractivity contribution in [3.63, 3.8) is 0 Å². The lowest BCUT2D eigenvalue weighted by atomic mass is 10.00. The van der Waals surface area contributed by atoms with Crippen LogP contribution in [0.25, 0.3) is 0 Å². The van der Waals surface area contributed by atoms with E-state index in [0.717, 1.165) is 108 Å². The Hall–Kier alpha value is -1.94. The molecule has 534 valence electrons. The van der Waals surface area contributed by atoms with E-state index in [-0.39, 0.29) is 25.7 Å². The number of hydrogen-bond acceptors (Lipinski definition) is 15. The van der Waals surface area contributed by atoms with Gasteiger partial charge in [-0.25, -0.2) is 9.13 Å². The van der Waals surface area contributed by atoms with Crippen molar-refractivity contribution in [1.29, 1.82) is 0 Å². The molecule has 0 aromatic rings. The van der Waals surface area contributed by atoms with Gasteiger partial charge in [-0.2, -0.15) is 0 Å². The number of unbranched alkanes of at least 4 members (excludes halogenated alkanes) is 39. The fraction of sp³-hybridized carbons (Fsp3) is 0.944. The Labute approximate surface area is 549 Å². The van der Waals surface area contributed by atoms with Crippen molar-refractivity contribution in [1.82, 2.24) is 0 Å². The lowest BCUT2D eigenvalue weighted by Gasteiger charge is -2.21. The fourth-order valence-corrected chi connectivity index (χ4v) is 12.3. The number of carbonyl (C=O) groups is 4. The van der Waals surface area contributed by atoms with Crippen molar-refractivity contribution in [3.8, 4) is 0 Å². The van der Waals surface area contributed by atoms with E-state index >= 15 is 0 Å². The monoisotopic (exact) mass is 1320 g/mol. The molecule has 3 unspecified atom stereocenters.